The molecule has 1 fully saturated rings. The van der Waals surface area contributed by atoms with Crippen LogP contribution in [0.1, 0.15) is 13.8 Å². The Labute approximate surface area is 141 Å². The van der Waals surface area contributed by atoms with E-state index in [1.54, 1.807) is 0 Å². The van der Waals surface area contributed by atoms with E-state index in [9.17, 15) is 14.0 Å². The smallest absolute Gasteiger partial charge is 0.427 e. The second-order valence-electron chi connectivity index (χ2n) is 5.12. The molecule has 0 bridgehead atoms. The molecular weight excluding hydrogens is 369 g/mol. The lowest BCUT2D eigenvalue weighted by atomic mass is 10.2. The van der Waals surface area contributed by atoms with Crippen molar-refractivity contribution in [3.8, 4) is 5.75 Å². The van der Waals surface area contributed by atoms with E-state index in [0.717, 1.165) is 6.07 Å². The highest BCUT2D eigenvalue weighted by molar-refractivity contribution is 9.10. The lowest BCUT2D eigenvalue weighted by Gasteiger charge is -2.14. The highest BCUT2D eigenvalue weighted by Gasteiger charge is 2.39. The number of carbonyl (C=O) groups excluding carboxylic acids is 2. The van der Waals surface area contributed by atoms with Gasteiger partial charge in [0.05, 0.1) is 10.2 Å². The van der Waals surface area contributed by atoms with Gasteiger partial charge in [-0.1, -0.05) is 26.5 Å². The zero-order chi connectivity index (χ0) is 17.1. The van der Waals surface area contributed by atoms with Crippen LogP contribution in [0.4, 0.5) is 14.9 Å². The number of rotatable bonds is 5. The largest absolute Gasteiger partial charge is 0.488 e. The predicted molar refractivity (Wildman–Crippen MR) is 86.7 cm³/mol. The van der Waals surface area contributed by atoms with Gasteiger partial charge in [-0.05, 0) is 34.0 Å². The fourth-order valence-electron chi connectivity index (χ4n) is 1.94. The number of anilines is 1. The van der Waals surface area contributed by atoms with Crippen molar-refractivity contribution in [3.63, 3.8) is 0 Å². The number of ether oxygens (including phenoxy) is 2. The van der Waals surface area contributed by atoms with Gasteiger partial charge in [0.15, 0.2) is 5.76 Å². The summed E-state index contributed by atoms with van der Waals surface area (Å²) in [7, 11) is 0. The highest BCUT2D eigenvalue weighted by atomic mass is 79.9. The molecule has 5 nitrogen and oxygen atoms in total. The third kappa shape index (κ3) is 3.61. The molecule has 1 aliphatic heterocycles. The van der Waals surface area contributed by atoms with Crippen molar-refractivity contribution in [2.24, 2.45) is 5.92 Å². The van der Waals surface area contributed by atoms with E-state index in [4.69, 9.17) is 9.47 Å². The molecule has 0 N–H and O–H groups in total. The summed E-state index contributed by atoms with van der Waals surface area (Å²) in [5, 5.41) is 0. The first-order valence-corrected chi connectivity index (χ1v) is 7.65. The van der Waals surface area contributed by atoms with Crippen LogP contribution in [-0.2, 0) is 9.53 Å². The van der Waals surface area contributed by atoms with Crippen LogP contribution >= 0.6 is 15.9 Å². The number of benzene rings is 1. The van der Waals surface area contributed by atoms with Crippen molar-refractivity contribution in [3.05, 3.63) is 46.9 Å². The molecule has 1 heterocycles. The average Bonchev–Trinajstić information content (AvgIpc) is 2.72. The second kappa shape index (κ2) is 6.95. The molecule has 0 aromatic heterocycles. The Kier molecular flexibility index (Phi) is 5.20. The quantitative estimate of drug-likeness (QED) is 0.565. The van der Waals surface area contributed by atoms with Crippen molar-refractivity contribution in [1.29, 1.82) is 0 Å². The number of cyclic esters (lactones) is 1. The fourth-order valence-corrected chi connectivity index (χ4v) is 2.37. The standard InChI is InChI=1S/C16H15BrFNO4/c1-4-5-22-13-8-12(11(18)7-10(13)17)19-15(20)14(6-9(2)3)23-16(19)21/h4,6-9H,1,5H2,2-3H3. The maximum atomic E-state index is 14.2. The maximum Gasteiger partial charge on any atom is 0.427 e. The first-order valence-electron chi connectivity index (χ1n) is 6.86. The number of halogens is 2. The van der Waals surface area contributed by atoms with Gasteiger partial charge in [0.25, 0.3) is 0 Å². The summed E-state index contributed by atoms with van der Waals surface area (Å²) in [6.45, 7) is 7.38. The summed E-state index contributed by atoms with van der Waals surface area (Å²) in [5.74, 6) is -1.29. The Hall–Kier alpha value is -2.15. The number of amides is 2. The van der Waals surface area contributed by atoms with Crippen molar-refractivity contribution in [1.82, 2.24) is 0 Å². The first kappa shape index (κ1) is 17.2. The van der Waals surface area contributed by atoms with Gasteiger partial charge in [-0.15, -0.1) is 0 Å². The molecule has 1 saturated heterocycles. The summed E-state index contributed by atoms with van der Waals surface area (Å²) >= 11 is 3.16. The number of nitrogens with zero attached hydrogens (tertiary/aromatic N) is 1. The van der Waals surface area contributed by atoms with Crippen LogP contribution in [0.2, 0.25) is 0 Å². The molecule has 122 valence electrons. The summed E-state index contributed by atoms with van der Waals surface area (Å²) in [6, 6.07) is 2.39. The van der Waals surface area contributed by atoms with Crippen LogP contribution in [0.15, 0.2) is 41.1 Å². The fraction of sp³-hybridized carbons (Fsp3) is 0.250. The van der Waals surface area contributed by atoms with Crippen LogP contribution < -0.4 is 9.64 Å². The molecule has 1 aliphatic rings. The van der Waals surface area contributed by atoms with E-state index in [1.807, 2.05) is 13.8 Å². The van der Waals surface area contributed by atoms with Gasteiger partial charge in [0, 0.05) is 6.07 Å². The lowest BCUT2D eigenvalue weighted by Crippen LogP contribution is -2.29. The minimum Gasteiger partial charge on any atom is -0.488 e. The predicted octanol–water partition coefficient (Wildman–Crippen LogP) is 4.18. The van der Waals surface area contributed by atoms with E-state index in [1.165, 1.54) is 18.2 Å². The van der Waals surface area contributed by atoms with Crippen LogP contribution in [0.25, 0.3) is 0 Å². The van der Waals surface area contributed by atoms with E-state index in [2.05, 4.69) is 22.5 Å². The maximum absolute atomic E-state index is 14.2. The Balaban J connectivity index is 2.43. The molecule has 0 radical (unpaired) electrons. The van der Waals surface area contributed by atoms with E-state index in [-0.39, 0.29) is 29.7 Å². The molecule has 1 aromatic carbocycles. The number of carbonyl (C=O) groups is 2. The van der Waals surface area contributed by atoms with Crippen LogP contribution in [-0.4, -0.2) is 18.6 Å². The molecule has 2 rings (SSSR count). The molecule has 0 atom stereocenters. The summed E-state index contributed by atoms with van der Waals surface area (Å²) < 4.78 is 24.9. The Morgan fingerprint density at radius 3 is 2.74 bits per heavy atom. The molecule has 7 heteroatoms. The zero-order valence-corrected chi connectivity index (χ0v) is 14.2. The number of hydrogen-bond acceptors (Lipinski definition) is 4. The summed E-state index contributed by atoms with van der Waals surface area (Å²) in [6.07, 6.45) is 2.08. The van der Waals surface area contributed by atoms with E-state index in [0.29, 0.717) is 9.37 Å². The number of imide groups is 1. The van der Waals surface area contributed by atoms with Gasteiger partial charge >= 0.3 is 12.0 Å². The molecule has 1 aromatic rings. The van der Waals surface area contributed by atoms with Gasteiger partial charge in [-0.3, -0.25) is 4.79 Å². The van der Waals surface area contributed by atoms with Gasteiger partial charge in [-0.25, -0.2) is 14.1 Å². The lowest BCUT2D eigenvalue weighted by molar-refractivity contribution is -0.114. The van der Waals surface area contributed by atoms with Crippen LogP contribution in [0, 0.1) is 11.7 Å². The Morgan fingerprint density at radius 1 is 1.43 bits per heavy atom. The zero-order valence-electron chi connectivity index (χ0n) is 12.6. The Bertz CT molecular complexity index is 700. The molecule has 23 heavy (non-hydrogen) atoms. The molecule has 0 spiro atoms. The second-order valence-corrected chi connectivity index (χ2v) is 5.97. The van der Waals surface area contributed by atoms with Crippen molar-refractivity contribution in [2.45, 2.75) is 13.8 Å². The normalized spacial score (nSPS) is 16.2. The molecule has 0 aliphatic carbocycles. The van der Waals surface area contributed by atoms with Crippen LogP contribution in [0.3, 0.4) is 0 Å². The van der Waals surface area contributed by atoms with Crippen LogP contribution in [0.5, 0.6) is 5.75 Å². The topological polar surface area (TPSA) is 55.8 Å². The van der Waals surface area contributed by atoms with Gasteiger partial charge in [-0.2, -0.15) is 0 Å². The molecule has 0 unspecified atom stereocenters. The SMILES string of the molecule is C=CCOc1cc(N2C(=O)OC(=CC(C)C)C2=O)c(F)cc1Br. The third-order valence-electron chi connectivity index (χ3n) is 2.88. The molecule has 2 amide bonds. The van der Waals surface area contributed by atoms with Crippen molar-refractivity contribution < 1.29 is 23.5 Å². The highest BCUT2D eigenvalue weighted by Crippen LogP contribution is 2.35. The van der Waals surface area contributed by atoms with Gasteiger partial charge in [0.2, 0.25) is 0 Å². The monoisotopic (exact) mass is 383 g/mol. The Morgan fingerprint density at radius 2 is 2.13 bits per heavy atom. The molecular formula is C16H15BrFNO4. The van der Waals surface area contributed by atoms with Gasteiger partial charge < -0.3 is 9.47 Å². The third-order valence-corrected chi connectivity index (χ3v) is 3.50. The first-order chi connectivity index (χ1) is 10.8. The number of allylic oxidation sites excluding steroid dienone is 1. The van der Waals surface area contributed by atoms with E-state index < -0.39 is 17.8 Å². The van der Waals surface area contributed by atoms with Crippen molar-refractivity contribution >= 4 is 33.6 Å². The summed E-state index contributed by atoms with van der Waals surface area (Å²) in [4.78, 5) is 24.9. The molecule has 0 saturated carbocycles. The average molecular weight is 384 g/mol. The minimum absolute atomic E-state index is 0.00273. The van der Waals surface area contributed by atoms with Crippen molar-refractivity contribution in [2.75, 3.05) is 11.5 Å². The van der Waals surface area contributed by atoms with E-state index >= 15 is 0 Å². The summed E-state index contributed by atoms with van der Waals surface area (Å²) in [5.41, 5.74) is -0.227. The van der Waals surface area contributed by atoms with Gasteiger partial charge in [0.1, 0.15) is 18.2 Å². The minimum atomic E-state index is -0.946. The number of hydrogen-bond donors (Lipinski definition) is 0.